The van der Waals surface area contributed by atoms with Gasteiger partial charge in [0, 0.05) is 6.54 Å². The van der Waals surface area contributed by atoms with E-state index in [1.165, 1.54) is 5.57 Å². The molecule has 0 aliphatic carbocycles. The van der Waals surface area contributed by atoms with E-state index in [0.717, 1.165) is 18.1 Å². The van der Waals surface area contributed by atoms with Crippen molar-refractivity contribution in [2.24, 2.45) is 0 Å². The van der Waals surface area contributed by atoms with Gasteiger partial charge in [-0.3, -0.25) is 0 Å². The van der Waals surface area contributed by atoms with Crippen LogP contribution >= 0.6 is 0 Å². The van der Waals surface area contributed by atoms with Gasteiger partial charge >= 0.3 is 0 Å². The van der Waals surface area contributed by atoms with Crippen molar-refractivity contribution in [2.75, 3.05) is 6.54 Å². The molecule has 0 saturated carbocycles. The van der Waals surface area contributed by atoms with Gasteiger partial charge in [-0.1, -0.05) is 11.6 Å². The van der Waals surface area contributed by atoms with Crippen molar-refractivity contribution in [3.63, 3.8) is 0 Å². The van der Waals surface area contributed by atoms with Crippen LogP contribution in [0.15, 0.2) is 28.2 Å². The summed E-state index contributed by atoms with van der Waals surface area (Å²) in [4.78, 5) is 0. The lowest BCUT2D eigenvalue weighted by Gasteiger charge is -2.09. The van der Waals surface area contributed by atoms with Gasteiger partial charge in [-0.25, -0.2) is 0 Å². The lowest BCUT2D eigenvalue weighted by molar-refractivity contribution is 0.425. The Hall–Kier alpha value is -1.02. The SMILES string of the molecule is CC(C)=CCNC(C)c1ccc(C)o1. The van der Waals surface area contributed by atoms with E-state index in [-0.39, 0.29) is 6.04 Å². The molecule has 0 aliphatic rings. The molecule has 1 rings (SSSR count). The van der Waals surface area contributed by atoms with Gasteiger partial charge in [0.05, 0.1) is 6.04 Å². The van der Waals surface area contributed by atoms with Gasteiger partial charge in [0.25, 0.3) is 0 Å². The summed E-state index contributed by atoms with van der Waals surface area (Å²) in [6.07, 6.45) is 2.17. The molecule has 1 atom stereocenters. The van der Waals surface area contributed by atoms with Crippen LogP contribution < -0.4 is 5.32 Å². The van der Waals surface area contributed by atoms with E-state index in [9.17, 15) is 0 Å². The zero-order valence-electron chi connectivity index (χ0n) is 9.42. The Morgan fingerprint density at radius 1 is 1.50 bits per heavy atom. The zero-order valence-corrected chi connectivity index (χ0v) is 9.42. The number of allylic oxidation sites excluding steroid dienone is 1. The Bertz CT molecular complexity index is 308. The highest BCUT2D eigenvalue weighted by atomic mass is 16.3. The van der Waals surface area contributed by atoms with Crippen LogP contribution in [0.2, 0.25) is 0 Å². The van der Waals surface area contributed by atoms with Crippen LogP contribution in [-0.4, -0.2) is 6.54 Å². The number of hydrogen-bond donors (Lipinski definition) is 1. The Morgan fingerprint density at radius 2 is 2.21 bits per heavy atom. The number of furan rings is 1. The first kappa shape index (κ1) is 11.1. The molecule has 0 radical (unpaired) electrons. The number of nitrogens with one attached hydrogen (secondary N) is 1. The molecule has 0 spiro atoms. The fourth-order valence-electron chi connectivity index (χ4n) is 1.23. The maximum atomic E-state index is 5.52. The molecule has 0 fully saturated rings. The predicted octanol–water partition coefficient (Wildman–Crippen LogP) is 3.20. The van der Waals surface area contributed by atoms with Crippen molar-refractivity contribution in [2.45, 2.75) is 33.7 Å². The Morgan fingerprint density at radius 3 is 2.71 bits per heavy atom. The van der Waals surface area contributed by atoms with Crippen LogP contribution in [-0.2, 0) is 0 Å². The topological polar surface area (TPSA) is 25.2 Å². The van der Waals surface area contributed by atoms with Crippen molar-refractivity contribution in [1.82, 2.24) is 5.32 Å². The van der Waals surface area contributed by atoms with Gasteiger partial charge in [-0.05, 0) is 39.8 Å². The minimum atomic E-state index is 0.277. The first-order chi connectivity index (χ1) is 6.59. The second kappa shape index (κ2) is 5.01. The highest BCUT2D eigenvalue weighted by molar-refractivity contribution is 5.09. The molecular weight excluding hydrogens is 174 g/mol. The van der Waals surface area contributed by atoms with E-state index in [4.69, 9.17) is 4.42 Å². The van der Waals surface area contributed by atoms with Gasteiger partial charge in [0.15, 0.2) is 0 Å². The monoisotopic (exact) mass is 193 g/mol. The van der Waals surface area contributed by atoms with Gasteiger partial charge < -0.3 is 9.73 Å². The Balaban J connectivity index is 2.43. The molecule has 1 unspecified atom stereocenters. The van der Waals surface area contributed by atoms with E-state index < -0.39 is 0 Å². The molecule has 1 aromatic rings. The number of aryl methyl sites for hydroxylation is 1. The van der Waals surface area contributed by atoms with Crippen molar-refractivity contribution in [3.8, 4) is 0 Å². The molecule has 78 valence electrons. The minimum Gasteiger partial charge on any atom is -0.465 e. The van der Waals surface area contributed by atoms with Gasteiger partial charge in [0.1, 0.15) is 11.5 Å². The van der Waals surface area contributed by atoms with E-state index >= 15 is 0 Å². The Labute approximate surface area is 86.0 Å². The Kier molecular flexibility index (Phi) is 3.96. The average Bonchev–Trinajstić information content (AvgIpc) is 2.51. The molecule has 14 heavy (non-hydrogen) atoms. The molecule has 0 amide bonds. The van der Waals surface area contributed by atoms with E-state index in [2.05, 4.69) is 32.2 Å². The fraction of sp³-hybridized carbons (Fsp3) is 0.500. The number of hydrogen-bond acceptors (Lipinski definition) is 2. The third-order valence-corrected chi connectivity index (χ3v) is 2.12. The van der Waals surface area contributed by atoms with E-state index in [1.807, 2.05) is 19.1 Å². The van der Waals surface area contributed by atoms with Crippen LogP contribution in [0, 0.1) is 6.92 Å². The summed E-state index contributed by atoms with van der Waals surface area (Å²) < 4.78 is 5.52. The first-order valence-electron chi connectivity index (χ1n) is 5.02. The van der Waals surface area contributed by atoms with E-state index in [1.54, 1.807) is 0 Å². The van der Waals surface area contributed by atoms with Crippen LogP contribution in [0.3, 0.4) is 0 Å². The third-order valence-electron chi connectivity index (χ3n) is 2.12. The molecule has 0 bridgehead atoms. The largest absolute Gasteiger partial charge is 0.465 e. The summed E-state index contributed by atoms with van der Waals surface area (Å²) in [5.74, 6) is 1.97. The lowest BCUT2D eigenvalue weighted by Crippen LogP contribution is -2.18. The van der Waals surface area contributed by atoms with Crippen molar-refractivity contribution in [3.05, 3.63) is 35.3 Å². The summed E-state index contributed by atoms with van der Waals surface area (Å²) in [7, 11) is 0. The molecule has 2 nitrogen and oxygen atoms in total. The highest BCUT2D eigenvalue weighted by Crippen LogP contribution is 2.14. The summed E-state index contributed by atoms with van der Waals surface area (Å²) in [5, 5.41) is 3.37. The summed E-state index contributed by atoms with van der Waals surface area (Å²) in [5.41, 5.74) is 1.33. The second-order valence-electron chi connectivity index (χ2n) is 3.86. The summed E-state index contributed by atoms with van der Waals surface area (Å²) in [6.45, 7) is 9.17. The quantitative estimate of drug-likeness (QED) is 0.743. The maximum absolute atomic E-state index is 5.52. The zero-order chi connectivity index (χ0) is 10.6. The normalized spacial score (nSPS) is 12.6. The van der Waals surface area contributed by atoms with Gasteiger partial charge in [-0.15, -0.1) is 0 Å². The van der Waals surface area contributed by atoms with Crippen LogP contribution in [0.5, 0.6) is 0 Å². The number of rotatable bonds is 4. The van der Waals surface area contributed by atoms with Crippen molar-refractivity contribution >= 4 is 0 Å². The van der Waals surface area contributed by atoms with Crippen LogP contribution in [0.4, 0.5) is 0 Å². The van der Waals surface area contributed by atoms with Crippen molar-refractivity contribution < 1.29 is 4.42 Å². The molecule has 1 N–H and O–H groups in total. The molecule has 0 saturated heterocycles. The molecule has 0 aliphatic heterocycles. The molecule has 2 heteroatoms. The molecule has 1 heterocycles. The highest BCUT2D eigenvalue weighted by Gasteiger charge is 2.06. The lowest BCUT2D eigenvalue weighted by atomic mass is 10.2. The molecular formula is C12H19NO. The average molecular weight is 193 g/mol. The second-order valence-corrected chi connectivity index (χ2v) is 3.86. The van der Waals surface area contributed by atoms with Gasteiger partial charge in [-0.2, -0.15) is 0 Å². The minimum absolute atomic E-state index is 0.277. The maximum Gasteiger partial charge on any atom is 0.120 e. The summed E-state index contributed by atoms with van der Waals surface area (Å²) in [6, 6.07) is 4.29. The molecule has 1 aromatic heterocycles. The van der Waals surface area contributed by atoms with E-state index in [0.29, 0.717) is 0 Å². The van der Waals surface area contributed by atoms with Crippen LogP contribution in [0.25, 0.3) is 0 Å². The van der Waals surface area contributed by atoms with Crippen molar-refractivity contribution in [1.29, 1.82) is 0 Å². The fourth-order valence-corrected chi connectivity index (χ4v) is 1.23. The first-order valence-corrected chi connectivity index (χ1v) is 5.02. The molecule has 0 aromatic carbocycles. The standard InChI is InChI=1S/C12H19NO/c1-9(2)7-8-13-11(4)12-6-5-10(3)14-12/h5-7,11,13H,8H2,1-4H3. The summed E-state index contributed by atoms with van der Waals surface area (Å²) >= 11 is 0. The predicted molar refractivity (Wildman–Crippen MR) is 59.3 cm³/mol. The van der Waals surface area contributed by atoms with Crippen LogP contribution in [0.1, 0.15) is 38.3 Å². The smallest absolute Gasteiger partial charge is 0.120 e. The van der Waals surface area contributed by atoms with Gasteiger partial charge in [0.2, 0.25) is 0 Å². The third kappa shape index (κ3) is 3.38.